The van der Waals surface area contributed by atoms with E-state index in [1.165, 1.54) is 0 Å². The lowest BCUT2D eigenvalue weighted by Gasteiger charge is -2.07. The van der Waals surface area contributed by atoms with E-state index in [0.717, 1.165) is 15.4 Å². The van der Waals surface area contributed by atoms with Crippen molar-refractivity contribution in [2.75, 3.05) is 0 Å². The van der Waals surface area contributed by atoms with Gasteiger partial charge in [0.25, 0.3) is 11.5 Å². The van der Waals surface area contributed by atoms with Crippen molar-refractivity contribution >= 4 is 44.3 Å². The summed E-state index contributed by atoms with van der Waals surface area (Å²) >= 11 is 9.23. The Kier molecular flexibility index (Phi) is 4.50. The molecule has 0 spiro atoms. The number of benzene rings is 2. The van der Waals surface area contributed by atoms with Crippen LogP contribution in [0.1, 0.15) is 15.9 Å². The maximum absolute atomic E-state index is 12.2. The highest BCUT2D eigenvalue weighted by Gasteiger charge is 2.09. The predicted molar refractivity (Wildman–Crippen MR) is 94.9 cm³/mol. The minimum atomic E-state index is -0.291. The summed E-state index contributed by atoms with van der Waals surface area (Å²) in [5.41, 5.74) is 1.49. The third-order valence-electron chi connectivity index (χ3n) is 3.39. The molecule has 1 aromatic heterocycles. The van der Waals surface area contributed by atoms with Crippen LogP contribution < -0.4 is 10.9 Å². The van der Waals surface area contributed by atoms with Crippen LogP contribution >= 0.6 is 27.5 Å². The van der Waals surface area contributed by atoms with Crippen molar-refractivity contribution in [1.29, 1.82) is 0 Å². The summed E-state index contributed by atoms with van der Waals surface area (Å²) < 4.78 is 0.721. The number of rotatable bonds is 3. The minimum absolute atomic E-state index is 0.142. The van der Waals surface area contributed by atoms with Crippen LogP contribution in [0.4, 0.5) is 0 Å². The Morgan fingerprint density at radius 2 is 1.96 bits per heavy atom. The standard InChI is InChI=1S/C17H12BrClN2O2/c18-13-6-11(7-14(19)8-13)16(22)20-9-12-5-10-3-1-2-4-15(10)21-17(12)23/h1-8H,9H2,(H,20,22)(H,21,23). The van der Waals surface area contributed by atoms with E-state index in [9.17, 15) is 9.59 Å². The van der Waals surface area contributed by atoms with Crippen LogP contribution in [-0.4, -0.2) is 10.9 Å². The molecule has 2 aromatic carbocycles. The number of pyridine rings is 1. The summed E-state index contributed by atoms with van der Waals surface area (Å²) in [5, 5.41) is 4.12. The van der Waals surface area contributed by atoms with Crippen LogP contribution in [-0.2, 0) is 6.54 Å². The maximum Gasteiger partial charge on any atom is 0.253 e. The Morgan fingerprint density at radius 3 is 2.74 bits per heavy atom. The molecule has 0 aliphatic heterocycles. The highest BCUT2D eigenvalue weighted by atomic mass is 79.9. The molecular formula is C17H12BrClN2O2. The van der Waals surface area contributed by atoms with Crippen molar-refractivity contribution in [1.82, 2.24) is 10.3 Å². The zero-order valence-electron chi connectivity index (χ0n) is 11.9. The first-order chi connectivity index (χ1) is 11.0. The van der Waals surface area contributed by atoms with Crippen molar-refractivity contribution in [2.24, 2.45) is 0 Å². The Bertz CT molecular complexity index is 932. The van der Waals surface area contributed by atoms with E-state index in [1.54, 1.807) is 24.3 Å². The van der Waals surface area contributed by atoms with Gasteiger partial charge in [-0.15, -0.1) is 0 Å². The van der Waals surface area contributed by atoms with Gasteiger partial charge in [0.2, 0.25) is 0 Å². The van der Waals surface area contributed by atoms with Crippen LogP contribution in [0.5, 0.6) is 0 Å². The summed E-state index contributed by atoms with van der Waals surface area (Å²) in [6, 6.07) is 14.2. The van der Waals surface area contributed by atoms with Crippen molar-refractivity contribution in [3.8, 4) is 0 Å². The van der Waals surface area contributed by atoms with E-state index in [4.69, 9.17) is 11.6 Å². The van der Waals surface area contributed by atoms with Gasteiger partial charge in [-0.05, 0) is 35.7 Å². The van der Waals surface area contributed by atoms with Crippen LogP contribution in [0, 0.1) is 0 Å². The first-order valence-electron chi connectivity index (χ1n) is 6.88. The molecule has 0 saturated heterocycles. The number of hydrogen-bond donors (Lipinski definition) is 2. The Balaban J connectivity index is 1.81. The van der Waals surface area contributed by atoms with Gasteiger partial charge in [0.15, 0.2) is 0 Å². The first-order valence-corrected chi connectivity index (χ1v) is 8.05. The quantitative estimate of drug-likeness (QED) is 0.712. The van der Waals surface area contributed by atoms with Crippen LogP contribution in [0.3, 0.4) is 0 Å². The molecule has 0 aliphatic rings. The van der Waals surface area contributed by atoms with Gasteiger partial charge >= 0.3 is 0 Å². The average molecular weight is 392 g/mol. The lowest BCUT2D eigenvalue weighted by atomic mass is 10.1. The molecule has 1 heterocycles. The van der Waals surface area contributed by atoms with Gasteiger partial charge in [0.05, 0.1) is 0 Å². The van der Waals surface area contributed by atoms with Crippen LogP contribution in [0.25, 0.3) is 10.9 Å². The van der Waals surface area contributed by atoms with Crippen molar-refractivity contribution < 1.29 is 4.79 Å². The molecule has 0 unspecified atom stereocenters. The molecule has 3 aromatic rings. The largest absolute Gasteiger partial charge is 0.348 e. The third kappa shape index (κ3) is 3.63. The fourth-order valence-electron chi connectivity index (χ4n) is 2.29. The highest BCUT2D eigenvalue weighted by Crippen LogP contribution is 2.19. The average Bonchev–Trinajstić information content (AvgIpc) is 2.51. The molecule has 23 heavy (non-hydrogen) atoms. The summed E-state index contributed by atoms with van der Waals surface area (Å²) in [6.07, 6.45) is 0. The summed E-state index contributed by atoms with van der Waals surface area (Å²) in [4.78, 5) is 27.1. The van der Waals surface area contributed by atoms with E-state index in [2.05, 4.69) is 26.2 Å². The number of nitrogens with one attached hydrogen (secondary N) is 2. The number of para-hydroxylation sites is 1. The van der Waals surface area contributed by atoms with Crippen molar-refractivity contribution in [2.45, 2.75) is 6.54 Å². The summed E-state index contributed by atoms with van der Waals surface area (Å²) in [5.74, 6) is -0.291. The number of hydrogen-bond acceptors (Lipinski definition) is 2. The van der Waals surface area contributed by atoms with Crippen molar-refractivity contribution in [3.63, 3.8) is 0 Å². The molecule has 0 atom stereocenters. The van der Waals surface area contributed by atoms with E-state index >= 15 is 0 Å². The van der Waals surface area contributed by atoms with Gasteiger partial charge in [-0.25, -0.2) is 0 Å². The van der Waals surface area contributed by atoms with Gasteiger partial charge in [0, 0.05) is 32.7 Å². The number of carbonyl (C=O) groups excluding carboxylic acids is 1. The fraction of sp³-hybridized carbons (Fsp3) is 0.0588. The minimum Gasteiger partial charge on any atom is -0.348 e. The summed E-state index contributed by atoms with van der Waals surface area (Å²) in [6.45, 7) is 0.142. The smallest absolute Gasteiger partial charge is 0.253 e. The molecule has 4 nitrogen and oxygen atoms in total. The third-order valence-corrected chi connectivity index (χ3v) is 4.07. The molecule has 2 N–H and O–H groups in total. The number of aromatic amines is 1. The number of fused-ring (bicyclic) bond motifs is 1. The summed E-state index contributed by atoms with van der Waals surface area (Å²) in [7, 11) is 0. The predicted octanol–water partition coefficient (Wildman–Crippen LogP) is 3.87. The second kappa shape index (κ2) is 6.56. The second-order valence-electron chi connectivity index (χ2n) is 5.05. The van der Waals surface area contributed by atoms with Gasteiger partial charge in [-0.1, -0.05) is 45.7 Å². The van der Waals surface area contributed by atoms with Gasteiger partial charge in [-0.3, -0.25) is 9.59 Å². The molecule has 1 amide bonds. The van der Waals surface area contributed by atoms with Gasteiger partial charge in [0.1, 0.15) is 0 Å². The lowest BCUT2D eigenvalue weighted by Crippen LogP contribution is -2.26. The molecule has 0 saturated carbocycles. The van der Waals surface area contributed by atoms with E-state index in [1.807, 2.05) is 24.3 Å². The second-order valence-corrected chi connectivity index (χ2v) is 6.40. The Hall–Kier alpha value is -2.11. The van der Waals surface area contributed by atoms with E-state index in [-0.39, 0.29) is 18.0 Å². The highest BCUT2D eigenvalue weighted by molar-refractivity contribution is 9.10. The monoisotopic (exact) mass is 390 g/mol. The molecule has 0 bridgehead atoms. The zero-order valence-corrected chi connectivity index (χ0v) is 14.2. The Labute approximate surface area is 145 Å². The van der Waals surface area contributed by atoms with Crippen LogP contribution in [0.2, 0.25) is 5.02 Å². The first kappa shape index (κ1) is 15.8. The molecule has 0 radical (unpaired) electrons. The number of carbonyl (C=O) groups is 1. The topological polar surface area (TPSA) is 62.0 Å². The van der Waals surface area contributed by atoms with Crippen molar-refractivity contribution in [3.05, 3.63) is 79.5 Å². The molecule has 6 heteroatoms. The number of amides is 1. The number of halogens is 2. The number of aromatic nitrogens is 1. The van der Waals surface area contributed by atoms with E-state index in [0.29, 0.717) is 16.1 Å². The van der Waals surface area contributed by atoms with Crippen LogP contribution in [0.15, 0.2) is 57.8 Å². The maximum atomic E-state index is 12.2. The molecule has 116 valence electrons. The molecule has 3 rings (SSSR count). The lowest BCUT2D eigenvalue weighted by molar-refractivity contribution is 0.0950. The normalized spacial score (nSPS) is 10.7. The molecular weight excluding hydrogens is 380 g/mol. The fourth-order valence-corrected chi connectivity index (χ4v) is 3.15. The number of H-pyrrole nitrogens is 1. The molecule has 0 fully saturated rings. The SMILES string of the molecule is O=C(NCc1cc2ccccc2[nH]c1=O)c1cc(Cl)cc(Br)c1. The Morgan fingerprint density at radius 1 is 1.17 bits per heavy atom. The van der Waals surface area contributed by atoms with Gasteiger partial charge < -0.3 is 10.3 Å². The van der Waals surface area contributed by atoms with Gasteiger partial charge in [-0.2, -0.15) is 0 Å². The van der Waals surface area contributed by atoms with E-state index < -0.39 is 0 Å². The molecule has 0 aliphatic carbocycles. The zero-order chi connectivity index (χ0) is 16.4.